The molecule has 1 aromatic rings. The van der Waals surface area contributed by atoms with Crippen molar-refractivity contribution in [3.63, 3.8) is 0 Å². The van der Waals surface area contributed by atoms with Crippen molar-refractivity contribution in [1.29, 1.82) is 0 Å². The van der Waals surface area contributed by atoms with Gasteiger partial charge in [0.05, 0.1) is 0 Å². The molecule has 0 aliphatic heterocycles. The number of nitrogens with one attached hydrogen (secondary N) is 1. The maximum Gasteiger partial charge on any atom is 0.0393 e. The van der Waals surface area contributed by atoms with Crippen LogP contribution in [0, 0.1) is 6.92 Å². The molecule has 0 bridgehead atoms. The van der Waals surface area contributed by atoms with Crippen LogP contribution in [0.4, 0.5) is 5.69 Å². The summed E-state index contributed by atoms with van der Waals surface area (Å²) in [7, 11) is 0. The number of rotatable bonds is 3. The van der Waals surface area contributed by atoms with Gasteiger partial charge in [-0.05, 0) is 32.9 Å². The highest BCUT2D eigenvalue weighted by Crippen LogP contribution is 2.09. The van der Waals surface area contributed by atoms with Crippen LogP contribution in [0.2, 0.25) is 0 Å². The van der Waals surface area contributed by atoms with Crippen molar-refractivity contribution in [3.05, 3.63) is 24.0 Å². The van der Waals surface area contributed by atoms with Crippen LogP contribution in [0.1, 0.15) is 19.5 Å². The summed E-state index contributed by atoms with van der Waals surface area (Å²) in [6.07, 6.45) is 1.80. The van der Waals surface area contributed by atoms with Crippen LogP contribution in [-0.2, 0) is 0 Å². The second-order valence-corrected chi connectivity index (χ2v) is 3.48. The zero-order valence-corrected chi connectivity index (χ0v) is 8.41. The van der Waals surface area contributed by atoms with Crippen molar-refractivity contribution >= 4 is 5.69 Å². The molecule has 0 aliphatic carbocycles. The molecule has 1 heterocycles. The normalized spacial score (nSPS) is 15.1. The van der Waals surface area contributed by atoms with Crippen LogP contribution in [0.5, 0.6) is 0 Å². The molecule has 0 saturated heterocycles. The number of aromatic nitrogens is 1. The van der Waals surface area contributed by atoms with E-state index >= 15 is 0 Å². The number of hydrogen-bond donors (Lipinski definition) is 2. The van der Waals surface area contributed by atoms with Crippen LogP contribution in [0.25, 0.3) is 0 Å². The predicted molar refractivity (Wildman–Crippen MR) is 55.7 cm³/mol. The summed E-state index contributed by atoms with van der Waals surface area (Å²) in [6.45, 7) is 6.04. The Hall–Kier alpha value is -1.09. The first-order chi connectivity index (χ1) is 6.09. The molecule has 3 heteroatoms. The second kappa shape index (κ2) is 4.23. The Morgan fingerprint density at radius 1 is 1.46 bits per heavy atom. The van der Waals surface area contributed by atoms with Gasteiger partial charge in [0.15, 0.2) is 0 Å². The van der Waals surface area contributed by atoms with Gasteiger partial charge < -0.3 is 11.1 Å². The van der Waals surface area contributed by atoms with E-state index < -0.39 is 0 Å². The lowest BCUT2D eigenvalue weighted by atomic mass is 10.2. The van der Waals surface area contributed by atoms with Crippen LogP contribution >= 0.6 is 0 Å². The molecule has 3 nitrogen and oxygen atoms in total. The number of nitrogens with zero attached hydrogens (tertiary/aromatic N) is 1. The van der Waals surface area contributed by atoms with Crippen LogP contribution in [0.15, 0.2) is 18.3 Å². The van der Waals surface area contributed by atoms with E-state index in [1.54, 1.807) is 6.20 Å². The van der Waals surface area contributed by atoms with Crippen molar-refractivity contribution < 1.29 is 0 Å². The van der Waals surface area contributed by atoms with Gasteiger partial charge >= 0.3 is 0 Å². The zero-order chi connectivity index (χ0) is 9.84. The maximum atomic E-state index is 5.74. The molecule has 0 aliphatic rings. The van der Waals surface area contributed by atoms with Gasteiger partial charge in [-0.15, -0.1) is 0 Å². The Bertz CT molecular complexity index is 271. The van der Waals surface area contributed by atoms with Crippen LogP contribution in [0.3, 0.4) is 0 Å². The molecule has 0 fully saturated rings. The lowest BCUT2D eigenvalue weighted by Gasteiger charge is -2.18. The number of nitrogens with two attached hydrogens (primary N) is 1. The molecule has 13 heavy (non-hydrogen) atoms. The summed E-state index contributed by atoms with van der Waals surface area (Å²) in [6, 6.07) is 4.39. The molecule has 0 aromatic carbocycles. The fourth-order valence-electron chi connectivity index (χ4n) is 1.03. The van der Waals surface area contributed by atoms with Crippen molar-refractivity contribution in [2.75, 3.05) is 5.32 Å². The Morgan fingerprint density at radius 3 is 2.69 bits per heavy atom. The van der Waals surface area contributed by atoms with E-state index in [2.05, 4.69) is 17.2 Å². The van der Waals surface area contributed by atoms with E-state index in [0.29, 0.717) is 0 Å². The molecule has 1 aromatic heterocycles. The monoisotopic (exact) mass is 179 g/mol. The highest BCUT2D eigenvalue weighted by atomic mass is 14.9. The summed E-state index contributed by atoms with van der Waals surface area (Å²) in [4.78, 5) is 4.12. The highest BCUT2D eigenvalue weighted by molar-refractivity contribution is 5.43. The topological polar surface area (TPSA) is 50.9 Å². The minimum atomic E-state index is 0.147. The van der Waals surface area contributed by atoms with Crippen LogP contribution < -0.4 is 11.1 Å². The minimum absolute atomic E-state index is 0.147. The van der Waals surface area contributed by atoms with E-state index in [1.165, 1.54) is 0 Å². The van der Waals surface area contributed by atoms with Crippen molar-refractivity contribution in [2.24, 2.45) is 5.73 Å². The fourth-order valence-corrected chi connectivity index (χ4v) is 1.03. The third kappa shape index (κ3) is 3.03. The van der Waals surface area contributed by atoms with Gasteiger partial charge in [0.25, 0.3) is 0 Å². The van der Waals surface area contributed by atoms with E-state index in [-0.39, 0.29) is 12.1 Å². The molecule has 2 unspecified atom stereocenters. The first kappa shape index (κ1) is 9.99. The quantitative estimate of drug-likeness (QED) is 0.740. The summed E-state index contributed by atoms with van der Waals surface area (Å²) in [5, 5.41) is 3.32. The first-order valence-corrected chi connectivity index (χ1v) is 4.54. The Kier molecular flexibility index (Phi) is 3.25. The zero-order valence-electron chi connectivity index (χ0n) is 8.41. The van der Waals surface area contributed by atoms with Crippen molar-refractivity contribution in [3.8, 4) is 0 Å². The Morgan fingerprint density at radius 2 is 2.15 bits per heavy atom. The molecule has 0 amide bonds. The number of anilines is 1. The molecular weight excluding hydrogens is 162 g/mol. The molecule has 0 radical (unpaired) electrons. The molecule has 3 N–H and O–H groups in total. The lowest BCUT2D eigenvalue weighted by molar-refractivity contribution is 0.638. The van der Waals surface area contributed by atoms with E-state index in [9.17, 15) is 0 Å². The van der Waals surface area contributed by atoms with E-state index in [1.807, 2.05) is 26.0 Å². The van der Waals surface area contributed by atoms with Crippen LogP contribution in [-0.4, -0.2) is 17.1 Å². The SMILES string of the molecule is Cc1cc(NC(C)C(C)N)ccn1. The fraction of sp³-hybridized carbons (Fsp3) is 0.500. The van der Waals surface area contributed by atoms with Gasteiger partial charge in [0, 0.05) is 29.7 Å². The van der Waals surface area contributed by atoms with Gasteiger partial charge in [-0.1, -0.05) is 0 Å². The van der Waals surface area contributed by atoms with Crippen molar-refractivity contribution in [1.82, 2.24) is 4.98 Å². The van der Waals surface area contributed by atoms with Gasteiger partial charge in [0.1, 0.15) is 0 Å². The molecule has 0 saturated carbocycles. The minimum Gasteiger partial charge on any atom is -0.381 e. The average Bonchev–Trinajstić information content (AvgIpc) is 2.04. The second-order valence-electron chi connectivity index (χ2n) is 3.48. The predicted octanol–water partition coefficient (Wildman–Crippen LogP) is 1.54. The summed E-state index contributed by atoms with van der Waals surface area (Å²) in [5.74, 6) is 0. The van der Waals surface area contributed by atoms with Gasteiger partial charge in [0.2, 0.25) is 0 Å². The molecule has 2 atom stereocenters. The summed E-state index contributed by atoms with van der Waals surface area (Å²) < 4.78 is 0. The first-order valence-electron chi connectivity index (χ1n) is 4.54. The molecular formula is C10H17N3. The molecule has 72 valence electrons. The number of aryl methyl sites for hydroxylation is 1. The lowest BCUT2D eigenvalue weighted by Crippen LogP contribution is -2.35. The summed E-state index contributed by atoms with van der Waals surface area (Å²) in [5.41, 5.74) is 7.84. The Balaban J connectivity index is 2.64. The third-order valence-corrected chi connectivity index (χ3v) is 2.08. The third-order valence-electron chi connectivity index (χ3n) is 2.08. The van der Waals surface area contributed by atoms with E-state index in [4.69, 9.17) is 5.73 Å². The number of pyridine rings is 1. The largest absolute Gasteiger partial charge is 0.381 e. The van der Waals surface area contributed by atoms with Crippen molar-refractivity contribution in [2.45, 2.75) is 32.9 Å². The standard InChI is InChI=1S/C10H17N3/c1-7-6-10(4-5-12-7)13-9(3)8(2)11/h4-6,8-9H,11H2,1-3H3,(H,12,13). The molecule has 0 spiro atoms. The Labute approximate surface area is 79.4 Å². The van der Waals surface area contributed by atoms with Gasteiger partial charge in [-0.2, -0.15) is 0 Å². The maximum absolute atomic E-state index is 5.74. The van der Waals surface area contributed by atoms with Gasteiger partial charge in [-0.25, -0.2) is 0 Å². The number of hydrogen-bond acceptors (Lipinski definition) is 3. The summed E-state index contributed by atoms with van der Waals surface area (Å²) >= 11 is 0. The molecule has 1 rings (SSSR count). The highest BCUT2D eigenvalue weighted by Gasteiger charge is 2.06. The smallest absolute Gasteiger partial charge is 0.0393 e. The van der Waals surface area contributed by atoms with Gasteiger partial charge in [-0.3, -0.25) is 4.98 Å². The van der Waals surface area contributed by atoms with E-state index in [0.717, 1.165) is 11.4 Å². The average molecular weight is 179 g/mol.